The quantitative estimate of drug-likeness (QED) is 0.788. The summed E-state index contributed by atoms with van der Waals surface area (Å²) in [6, 6.07) is 6.12. The first-order chi connectivity index (χ1) is 9.37. The van der Waals surface area contributed by atoms with Gasteiger partial charge in [0, 0.05) is 10.9 Å². The highest BCUT2D eigenvalue weighted by Crippen LogP contribution is 2.36. The second-order valence-electron chi connectivity index (χ2n) is 6.29. The van der Waals surface area contributed by atoms with Gasteiger partial charge in [0.05, 0.1) is 23.1 Å². The molecule has 0 saturated heterocycles. The van der Waals surface area contributed by atoms with Gasteiger partial charge in [-0.3, -0.25) is 4.79 Å². The van der Waals surface area contributed by atoms with E-state index in [2.05, 4.69) is 47.9 Å². The third kappa shape index (κ3) is 2.22. The summed E-state index contributed by atoms with van der Waals surface area (Å²) in [5.41, 5.74) is 4.01. The molecule has 0 unspecified atom stereocenters. The molecule has 1 aliphatic rings. The molecule has 4 heteroatoms. The summed E-state index contributed by atoms with van der Waals surface area (Å²) in [5.74, 6) is 0.206. The third-order valence-corrected chi connectivity index (χ3v) is 4.33. The molecule has 1 aromatic heterocycles. The topological polar surface area (TPSA) is 34.9 Å². The summed E-state index contributed by atoms with van der Waals surface area (Å²) in [6.07, 6.45) is 3.20. The number of rotatable bonds is 1. The van der Waals surface area contributed by atoms with Crippen molar-refractivity contribution in [3.8, 4) is 5.69 Å². The van der Waals surface area contributed by atoms with Crippen LogP contribution in [-0.2, 0) is 6.42 Å². The maximum Gasteiger partial charge on any atom is 0.166 e. The number of hydrogen-bond acceptors (Lipinski definition) is 2. The van der Waals surface area contributed by atoms with Gasteiger partial charge in [-0.15, -0.1) is 0 Å². The fraction of sp³-hybridized carbons (Fsp3) is 0.375. The fourth-order valence-electron chi connectivity index (χ4n) is 2.89. The summed E-state index contributed by atoms with van der Waals surface area (Å²) in [4.78, 5) is 12.2. The Morgan fingerprint density at radius 3 is 2.75 bits per heavy atom. The second kappa shape index (κ2) is 4.55. The molecule has 1 heterocycles. The maximum absolute atomic E-state index is 12.2. The maximum atomic E-state index is 12.2. The normalized spacial score (nSPS) is 17.1. The number of aromatic nitrogens is 2. The lowest BCUT2D eigenvalue weighted by Gasteiger charge is -2.29. The number of nitrogens with zero attached hydrogens (tertiary/aromatic N) is 2. The van der Waals surface area contributed by atoms with Crippen LogP contribution < -0.4 is 0 Å². The van der Waals surface area contributed by atoms with Crippen LogP contribution >= 0.6 is 15.9 Å². The molecule has 2 aromatic rings. The van der Waals surface area contributed by atoms with Crippen molar-refractivity contribution < 1.29 is 4.79 Å². The lowest BCUT2D eigenvalue weighted by Crippen LogP contribution is -2.28. The van der Waals surface area contributed by atoms with Crippen molar-refractivity contribution in [1.29, 1.82) is 0 Å². The molecule has 0 radical (unpaired) electrons. The Bertz CT molecular complexity index is 700. The van der Waals surface area contributed by atoms with Crippen LogP contribution in [0.2, 0.25) is 0 Å². The first kappa shape index (κ1) is 13.6. The molecule has 0 bridgehead atoms. The molecule has 104 valence electrons. The molecular weight excluding hydrogens is 316 g/mol. The summed E-state index contributed by atoms with van der Waals surface area (Å²) < 4.78 is 2.98. The van der Waals surface area contributed by atoms with E-state index in [0.717, 1.165) is 33.4 Å². The fourth-order valence-corrected chi connectivity index (χ4v) is 3.36. The molecule has 0 atom stereocenters. The van der Waals surface area contributed by atoms with E-state index >= 15 is 0 Å². The molecule has 0 N–H and O–H groups in total. The standard InChI is InChI=1S/C16H17BrN2O/c1-10-6-11(17)4-5-13(10)19-14-7-16(2,3)8-15(20)12(14)9-18-19/h4-6,9H,7-8H2,1-3H3. The Labute approximate surface area is 127 Å². The van der Waals surface area contributed by atoms with E-state index in [1.165, 1.54) is 0 Å². The summed E-state index contributed by atoms with van der Waals surface area (Å²) in [7, 11) is 0. The van der Waals surface area contributed by atoms with E-state index in [9.17, 15) is 4.79 Å². The zero-order chi connectivity index (χ0) is 14.5. The summed E-state index contributed by atoms with van der Waals surface area (Å²) >= 11 is 3.48. The molecule has 3 rings (SSSR count). The van der Waals surface area contributed by atoms with Crippen LogP contribution in [-0.4, -0.2) is 15.6 Å². The molecule has 0 aliphatic heterocycles. The van der Waals surface area contributed by atoms with Crippen molar-refractivity contribution in [1.82, 2.24) is 9.78 Å². The van der Waals surface area contributed by atoms with E-state index in [1.54, 1.807) is 6.20 Å². The Morgan fingerprint density at radius 2 is 2.05 bits per heavy atom. The highest BCUT2D eigenvalue weighted by molar-refractivity contribution is 9.10. The first-order valence-electron chi connectivity index (χ1n) is 6.74. The van der Waals surface area contributed by atoms with E-state index in [1.807, 2.05) is 16.8 Å². The molecule has 0 fully saturated rings. The lowest BCUT2D eigenvalue weighted by atomic mass is 9.76. The van der Waals surface area contributed by atoms with Crippen molar-refractivity contribution >= 4 is 21.7 Å². The van der Waals surface area contributed by atoms with Gasteiger partial charge in [-0.2, -0.15) is 5.10 Å². The third-order valence-electron chi connectivity index (χ3n) is 3.84. The van der Waals surface area contributed by atoms with E-state index in [0.29, 0.717) is 6.42 Å². The largest absolute Gasteiger partial charge is 0.294 e. The minimum absolute atomic E-state index is 0.00509. The van der Waals surface area contributed by atoms with Crippen molar-refractivity contribution in [3.63, 3.8) is 0 Å². The van der Waals surface area contributed by atoms with Gasteiger partial charge < -0.3 is 0 Å². The number of carbonyl (C=O) groups excluding carboxylic acids is 1. The number of benzene rings is 1. The van der Waals surface area contributed by atoms with Gasteiger partial charge in [0.15, 0.2) is 5.78 Å². The molecule has 0 saturated carbocycles. The summed E-state index contributed by atoms with van der Waals surface area (Å²) in [5, 5.41) is 4.46. The molecule has 0 amide bonds. The highest BCUT2D eigenvalue weighted by atomic mass is 79.9. The molecule has 20 heavy (non-hydrogen) atoms. The number of halogens is 1. The molecule has 1 aromatic carbocycles. The van der Waals surface area contributed by atoms with Gasteiger partial charge in [-0.1, -0.05) is 29.8 Å². The second-order valence-corrected chi connectivity index (χ2v) is 7.20. The van der Waals surface area contributed by atoms with Crippen molar-refractivity contribution in [2.24, 2.45) is 5.41 Å². The van der Waals surface area contributed by atoms with Crippen molar-refractivity contribution in [2.75, 3.05) is 0 Å². The smallest absolute Gasteiger partial charge is 0.166 e. The number of hydrogen-bond donors (Lipinski definition) is 0. The number of ketones is 1. The van der Waals surface area contributed by atoms with Crippen LogP contribution in [0, 0.1) is 12.3 Å². The number of fused-ring (bicyclic) bond motifs is 1. The van der Waals surface area contributed by atoms with Crippen LogP contribution in [0.3, 0.4) is 0 Å². The average Bonchev–Trinajstić information content (AvgIpc) is 2.71. The van der Waals surface area contributed by atoms with Crippen LogP contribution in [0.15, 0.2) is 28.9 Å². The minimum Gasteiger partial charge on any atom is -0.294 e. The van der Waals surface area contributed by atoms with Gasteiger partial charge in [0.2, 0.25) is 0 Å². The van der Waals surface area contributed by atoms with Gasteiger partial charge in [0.25, 0.3) is 0 Å². The Hall–Kier alpha value is -1.42. The average molecular weight is 333 g/mol. The van der Waals surface area contributed by atoms with E-state index in [-0.39, 0.29) is 11.2 Å². The lowest BCUT2D eigenvalue weighted by molar-refractivity contribution is 0.0911. The highest BCUT2D eigenvalue weighted by Gasteiger charge is 2.34. The van der Waals surface area contributed by atoms with Gasteiger partial charge >= 0.3 is 0 Å². The van der Waals surface area contributed by atoms with Crippen molar-refractivity contribution in [3.05, 3.63) is 45.7 Å². The Morgan fingerprint density at radius 1 is 1.30 bits per heavy atom. The van der Waals surface area contributed by atoms with Gasteiger partial charge in [-0.25, -0.2) is 4.68 Å². The van der Waals surface area contributed by atoms with Crippen LogP contribution in [0.4, 0.5) is 0 Å². The van der Waals surface area contributed by atoms with Crippen LogP contribution in [0.5, 0.6) is 0 Å². The summed E-state index contributed by atoms with van der Waals surface area (Å²) in [6.45, 7) is 6.34. The number of aryl methyl sites for hydroxylation is 1. The SMILES string of the molecule is Cc1cc(Br)ccc1-n1ncc2c1CC(C)(C)CC2=O. The molecule has 0 spiro atoms. The first-order valence-corrected chi connectivity index (χ1v) is 7.53. The minimum atomic E-state index is 0.00509. The van der Waals surface area contributed by atoms with Crippen LogP contribution in [0.25, 0.3) is 5.69 Å². The number of Topliss-reactive ketones (excluding diaryl/α,β-unsaturated/α-hetero) is 1. The van der Waals surface area contributed by atoms with E-state index < -0.39 is 0 Å². The Balaban J connectivity index is 2.16. The molecule has 3 nitrogen and oxygen atoms in total. The van der Waals surface area contributed by atoms with Crippen LogP contribution in [0.1, 0.15) is 41.9 Å². The van der Waals surface area contributed by atoms with Gasteiger partial charge in [-0.05, 0) is 42.5 Å². The van der Waals surface area contributed by atoms with E-state index in [4.69, 9.17) is 0 Å². The number of carbonyl (C=O) groups is 1. The zero-order valence-electron chi connectivity index (χ0n) is 11.9. The molecule has 1 aliphatic carbocycles. The monoisotopic (exact) mass is 332 g/mol. The zero-order valence-corrected chi connectivity index (χ0v) is 13.5. The van der Waals surface area contributed by atoms with Crippen molar-refractivity contribution in [2.45, 2.75) is 33.6 Å². The predicted octanol–water partition coefficient (Wildman–Crippen LogP) is 4.10. The van der Waals surface area contributed by atoms with Gasteiger partial charge in [0.1, 0.15) is 0 Å². The predicted molar refractivity (Wildman–Crippen MR) is 82.4 cm³/mol. The molecular formula is C16H17BrN2O. The Kier molecular flexibility index (Phi) is 3.09.